The van der Waals surface area contributed by atoms with E-state index < -0.39 is 0 Å². The molecule has 1 aliphatic rings. The Morgan fingerprint density at radius 2 is 1.83 bits per heavy atom. The molecule has 0 amide bonds. The van der Waals surface area contributed by atoms with Gasteiger partial charge in [0.05, 0.1) is 6.61 Å². The standard InChI is InChI=1S/C16H18OS/c1-2-6-11-17-15-9-5-4-8-14(15)16-13(7-3-1)10-12-18-16/h4-5,8-10,12H,1-3,6-7,11H2. The van der Waals surface area contributed by atoms with Crippen LogP contribution in [0, 0.1) is 0 Å². The molecule has 0 saturated heterocycles. The molecule has 3 rings (SSSR count). The largest absolute Gasteiger partial charge is 0.493 e. The van der Waals surface area contributed by atoms with Crippen LogP contribution in [0.25, 0.3) is 10.4 Å². The van der Waals surface area contributed by atoms with Crippen molar-refractivity contribution in [1.82, 2.24) is 0 Å². The maximum Gasteiger partial charge on any atom is 0.127 e. The van der Waals surface area contributed by atoms with Gasteiger partial charge in [0, 0.05) is 10.4 Å². The third kappa shape index (κ3) is 2.44. The fourth-order valence-corrected chi connectivity index (χ4v) is 3.49. The first kappa shape index (κ1) is 11.8. The van der Waals surface area contributed by atoms with Crippen LogP contribution in [-0.4, -0.2) is 6.61 Å². The van der Waals surface area contributed by atoms with Gasteiger partial charge in [0.25, 0.3) is 0 Å². The minimum Gasteiger partial charge on any atom is -0.493 e. The minimum atomic E-state index is 0.845. The van der Waals surface area contributed by atoms with Crippen LogP contribution in [0.3, 0.4) is 0 Å². The smallest absolute Gasteiger partial charge is 0.127 e. The number of thiophene rings is 1. The van der Waals surface area contributed by atoms with Crippen LogP contribution in [0.15, 0.2) is 35.7 Å². The second-order valence-electron chi connectivity index (χ2n) is 4.78. The lowest BCUT2D eigenvalue weighted by Gasteiger charge is -2.10. The van der Waals surface area contributed by atoms with E-state index in [1.165, 1.54) is 48.1 Å². The van der Waals surface area contributed by atoms with Crippen molar-refractivity contribution in [1.29, 1.82) is 0 Å². The van der Waals surface area contributed by atoms with Gasteiger partial charge in [-0.2, -0.15) is 0 Å². The molecule has 0 N–H and O–H groups in total. The van der Waals surface area contributed by atoms with Crippen LogP contribution >= 0.6 is 11.3 Å². The molecule has 1 aromatic carbocycles. The monoisotopic (exact) mass is 258 g/mol. The van der Waals surface area contributed by atoms with E-state index in [-0.39, 0.29) is 0 Å². The van der Waals surface area contributed by atoms with Crippen LogP contribution in [0.4, 0.5) is 0 Å². The zero-order valence-corrected chi connectivity index (χ0v) is 11.3. The Bertz CT molecular complexity index is 515. The third-order valence-corrected chi connectivity index (χ3v) is 4.47. The highest BCUT2D eigenvalue weighted by molar-refractivity contribution is 7.13. The number of aryl methyl sites for hydroxylation is 1. The number of para-hydroxylation sites is 1. The first-order chi connectivity index (χ1) is 8.95. The van der Waals surface area contributed by atoms with Gasteiger partial charge >= 0.3 is 0 Å². The van der Waals surface area contributed by atoms with Crippen molar-refractivity contribution in [3.05, 3.63) is 41.3 Å². The highest BCUT2D eigenvalue weighted by Gasteiger charge is 2.12. The first-order valence-corrected chi connectivity index (χ1v) is 7.62. The molecule has 2 heterocycles. The maximum absolute atomic E-state index is 5.95. The molecule has 0 saturated carbocycles. The molecular weight excluding hydrogens is 240 g/mol. The lowest BCUT2D eigenvalue weighted by molar-refractivity contribution is 0.306. The summed E-state index contributed by atoms with van der Waals surface area (Å²) in [4.78, 5) is 1.40. The number of hydrogen-bond acceptors (Lipinski definition) is 2. The summed E-state index contributed by atoms with van der Waals surface area (Å²) < 4.78 is 5.95. The number of rotatable bonds is 0. The topological polar surface area (TPSA) is 9.23 Å². The number of fused-ring (bicyclic) bond motifs is 3. The molecule has 0 bridgehead atoms. The van der Waals surface area contributed by atoms with E-state index >= 15 is 0 Å². The van der Waals surface area contributed by atoms with Crippen molar-refractivity contribution in [2.75, 3.05) is 6.61 Å². The minimum absolute atomic E-state index is 0.845. The van der Waals surface area contributed by atoms with Gasteiger partial charge in [0.15, 0.2) is 0 Å². The quantitative estimate of drug-likeness (QED) is 0.652. The average Bonchev–Trinajstić information content (AvgIpc) is 2.85. The summed E-state index contributed by atoms with van der Waals surface area (Å²) in [6.07, 6.45) is 6.26. The van der Waals surface area contributed by atoms with E-state index in [1.807, 2.05) is 11.3 Å². The molecule has 0 aliphatic carbocycles. The van der Waals surface area contributed by atoms with Crippen LogP contribution in [-0.2, 0) is 6.42 Å². The van der Waals surface area contributed by atoms with Crippen LogP contribution in [0.5, 0.6) is 5.75 Å². The van der Waals surface area contributed by atoms with Crippen molar-refractivity contribution >= 4 is 11.3 Å². The molecule has 94 valence electrons. The number of benzene rings is 1. The van der Waals surface area contributed by atoms with E-state index in [2.05, 4.69) is 35.7 Å². The second-order valence-corrected chi connectivity index (χ2v) is 5.70. The lowest BCUT2D eigenvalue weighted by Crippen LogP contribution is -1.98. The molecule has 2 heteroatoms. The molecular formula is C16H18OS. The van der Waals surface area contributed by atoms with Gasteiger partial charge < -0.3 is 4.74 Å². The summed E-state index contributed by atoms with van der Waals surface area (Å²) in [5.74, 6) is 1.04. The summed E-state index contributed by atoms with van der Waals surface area (Å²) in [6.45, 7) is 0.845. The molecule has 0 fully saturated rings. The normalized spacial score (nSPS) is 16.0. The van der Waals surface area contributed by atoms with Crippen molar-refractivity contribution < 1.29 is 4.74 Å². The summed E-state index contributed by atoms with van der Waals surface area (Å²) in [5, 5.41) is 2.20. The Hall–Kier alpha value is -1.28. The zero-order chi connectivity index (χ0) is 12.2. The Labute approximate surface area is 112 Å². The highest BCUT2D eigenvalue weighted by atomic mass is 32.1. The van der Waals surface area contributed by atoms with Crippen LogP contribution in [0.1, 0.15) is 31.2 Å². The third-order valence-electron chi connectivity index (χ3n) is 3.48. The fraction of sp³-hybridized carbons (Fsp3) is 0.375. The molecule has 1 aromatic heterocycles. The van der Waals surface area contributed by atoms with E-state index in [0.717, 1.165) is 12.4 Å². The van der Waals surface area contributed by atoms with Crippen molar-refractivity contribution in [2.45, 2.75) is 32.1 Å². The van der Waals surface area contributed by atoms with Crippen molar-refractivity contribution in [3.63, 3.8) is 0 Å². The van der Waals surface area contributed by atoms with Gasteiger partial charge in [-0.05, 0) is 48.4 Å². The summed E-state index contributed by atoms with van der Waals surface area (Å²) in [5.41, 5.74) is 2.75. The van der Waals surface area contributed by atoms with Gasteiger partial charge in [-0.3, -0.25) is 0 Å². The molecule has 1 aliphatic heterocycles. The number of hydrogen-bond donors (Lipinski definition) is 0. The molecule has 0 unspecified atom stereocenters. The van der Waals surface area contributed by atoms with Crippen LogP contribution < -0.4 is 4.74 Å². The van der Waals surface area contributed by atoms with E-state index in [1.54, 1.807) is 0 Å². The first-order valence-electron chi connectivity index (χ1n) is 6.74. The zero-order valence-electron chi connectivity index (χ0n) is 10.5. The molecule has 0 atom stereocenters. The van der Waals surface area contributed by atoms with E-state index in [0.29, 0.717) is 0 Å². The molecule has 0 spiro atoms. The Morgan fingerprint density at radius 1 is 0.944 bits per heavy atom. The molecule has 1 nitrogen and oxygen atoms in total. The SMILES string of the molecule is c1ccc2c(c1)OCCCCCCc1ccsc1-2. The molecule has 0 radical (unpaired) electrons. The predicted molar refractivity (Wildman–Crippen MR) is 77.4 cm³/mol. The number of ether oxygens (including phenoxy) is 1. The van der Waals surface area contributed by atoms with Gasteiger partial charge in [-0.15, -0.1) is 11.3 Å². The average molecular weight is 258 g/mol. The van der Waals surface area contributed by atoms with Gasteiger partial charge in [-0.1, -0.05) is 25.0 Å². The van der Waals surface area contributed by atoms with Gasteiger partial charge in [0.1, 0.15) is 5.75 Å². The van der Waals surface area contributed by atoms with Crippen molar-refractivity contribution in [2.24, 2.45) is 0 Å². The Balaban J connectivity index is 2.03. The Kier molecular flexibility index (Phi) is 3.65. The second kappa shape index (κ2) is 5.57. The van der Waals surface area contributed by atoms with Gasteiger partial charge in [-0.25, -0.2) is 0 Å². The highest BCUT2D eigenvalue weighted by Crippen LogP contribution is 2.37. The Morgan fingerprint density at radius 3 is 2.83 bits per heavy atom. The molecule has 2 aromatic rings. The van der Waals surface area contributed by atoms with E-state index in [4.69, 9.17) is 4.74 Å². The summed E-state index contributed by atoms with van der Waals surface area (Å²) in [6, 6.07) is 10.7. The predicted octanol–water partition coefficient (Wildman–Crippen LogP) is 4.91. The van der Waals surface area contributed by atoms with E-state index in [9.17, 15) is 0 Å². The summed E-state index contributed by atoms with van der Waals surface area (Å²) >= 11 is 1.83. The maximum atomic E-state index is 5.95. The lowest BCUT2D eigenvalue weighted by atomic mass is 10.0. The molecule has 18 heavy (non-hydrogen) atoms. The fourth-order valence-electron chi connectivity index (χ4n) is 2.50. The van der Waals surface area contributed by atoms with Gasteiger partial charge in [0.2, 0.25) is 0 Å². The van der Waals surface area contributed by atoms with Crippen LogP contribution in [0.2, 0.25) is 0 Å². The summed E-state index contributed by atoms with van der Waals surface area (Å²) in [7, 11) is 0. The van der Waals surface area contributed by atoms with Crippen molar-refractivity contribution in [3.8, 4) is 16.2 Å².